The van der Waals surface area contributed by atoms with E-state index in [4.69, 9.17) is 4.63 Å². The van der Waals surface area contributed by atoms with Gasteiger partial charge in [0.05, 0.1) is 11.0 Å². The molecule has 0 unspecified atom stereocenters. The molecule has 0 radical (unpaired) electrons. The second kappa shape index (κ2) is 6.45. The minimum Gasteiger partial charge on any atom is -0.330 e. The molecule has 1 N–H and O–H groups in total. The minimum absolute atomic E-state index is 0.00158. The van der Waals surface area contributed by atoms with Crippen LogP contribution in [0.4, 0.5) is 0 Å². The number of aromatic nitrogens is 5. The highest BCUT2D eigenvalue weighted by Crippen LogP contribution is 2.32. The van der Waals surface area contributed by atoms with Gasteiger partial charge in [-0.2, -0.15) is 0 Å². The molecule has 0 spiro atoms. The lowest BCUT2D eigenvalue weighted by atomic mass is 10.1. The van der Waals surface area contributed by atoms with Crippen LogP contribution in [0.15, 0.2) is 21.0 Å². The third-order valence-electron chi connectivity index (χ3n) is 4.41. The van der Waals surface area contributed by atoms with Gasteiger partial charge in [0, 0.05) is 18.1 Å². The SMILES string of the molecule is Cc1nc(-c2ncc(C(=O)N3CCC[C@H]3c3nonc3C)c(=O)[nH]2)cs1. The zero-order chi connectivity index (χ0) is 18.3. The topological polar surface area (TPSA) is 118 Å². The Kier molecular flexibility index (Phi) is 4.11. The first-order valence-corrected chi connectivity index (χ1v) is 9.04. The molecule has 4 heterocycles. The molecule has 1 amide bonds. The van der Waals surface area contributed by atoms with Gasteiger partial charge in [0.25, 0.3) is 11.5 Å². The van der Waals surface area contributed by atoms with Crippen molar-refractivity contribution >= 4 is 17.2 Å². The van der Waals surface area contributed by atoms with E-state index in [1.807, 2.05) is 12.3 Å². The lowest BCUT2D eigenvalue weighted by Gasteiger charge is -2.22. The lowest BCUT2D eigenvalue weighted by Crippen LogP contribution is -2.35. The van der Waals surface area contributed by atoms with Gasteiger partial charge in [0.1, 0.15) is 22.6 Å². The number of rotatable bonds is 3. The van der Waals surface area contributed by atoms with E-state index in [-0.39, 0.29) is 17.5 Å². The van der Waals surface area contributed by atoms with Crippen molar-refractivity contribution in [2.45, 2.75) is 32.7 Å². The number of aromatic amines is 1. The number of nitrogens with one attached hydrogen (secondary N) is 1. The predicted molar refractivity (Wildman–Crippen MR) is 92.7 cm³/mol. The molecule has 1 atom stereocenters. The highest BCUT2D eigenvalue weighted by molar-refractivity contribution is 7.09. The zero-order valence-corrected chi connectivity index (χ0v) is 15.0. The summed E-state index contributed by atoms with van der Waals surface area (Å²) in [5.74, 6) is -0.0184. The van der Waals surface area contributed by atoms with Crippen LogP contribution in [0.5, 0.6) is 0 Å². The van der Waals surface area contributed by atoms with Crippen LogP contribution in [0.25, 0.3) is 11.5 Å². The standard InChI is InChI=1S/C16H16N6O3S/c1-8-13(21-25-20-8)12-4-3-5-22(12)16(24)10-6-17-14(19-15(10)23)11-7-26-9(2)18-11/h6-7,12H,3-5H2,1-2H3,(H,17,19,23)/t12-/m0/s1. The molecule has 3 aromatic heterocycles. The normalized spacial score (nSPS) is 17.0. The smallest absolute Gasteiger partial charge is 0.264 e. The van der Waals surface area contributed by atoms with E-state index in [1.165, 1.54) is 17.5 Å². The summed E-state index contributed by atoms with van der Waals surface area (Å²) in [6.45, 7) is 4.20. The van der Waals surface area contributed by atoms with Gasteiger partial charge < -0.3 is 9.88 Å². The Balaban J connectivity index is 1.64. The third kappa shape index (κ3) is 2.81. The number of hydrogen-bond donors (Lipinski definition) is 1. The molecule has 0 aliphatic carbocycles. The molecule has 0 aromatic carbocycles. The first-order valence-electron chi connectivity index (χ1n) is 8.16. The lowest BCUT2D eigenvalue weighted by molar-refractivity contribution is 0.0728. The number of likely N-dealkylation sites (tertiary alicyclic amines) is 1. The monoisotopic (exact) mass is 372 g/mol. The summed E-state index contributed by atoms with van der Waals surface area (Å²) in [6, 6.07) is -0.242. The van der Waals surface area contributed by atoms with Crippen molar-refractivity contribution in [3.63, 3.8) is 0 Å². The quantitative estimate of drug-likeness (QED) is 0.745. The molecule has 3 aromatic rings. The van der Waals surface area contributed by atoms with Crippen LogP contribution in [0.3, 0.4) is 0 Å². The molecule has 0 saturated carbocycles. The maximum absolute atomic E-state index is 12.9. The Morgan fingerprint density at radius 2 is 2.23 bits per heavy atom. The van der Waals surface area contributed by atoms with Gasteiger partial charge in [-0.25, -0.2) is 14.6 Å². The van der Waals surface area contributed by atoms with Crippen LogP contribution in [0.2, 0.25) is 0 Å². The van der Waals surface area contributed by atoms with E-state index in [1.54, 1.807) is 11.8 Å². The van der Waals surface area contributed by atoms with Gasteiger partial charge in [0.15, 0.2) is 5.82 Å². The number of thiazole rings is 1. The Hall–Kier alpha value is -2.88. The number of aryl methyl sites for hydroxylation is 2. The van der Waals surface area contributed by atoms with Crippen molar-refractivity contribution < 1.29 is 9.42 Å². The van der Waals surface area contributed by atoms with Gasteiger partial charge >= 0.3 is 0 Å². The van der Waals surface area contributed by atoms with Crippen molar-refractivity contribution in [1.29, 1.82) is 0 Å². The highest BCUT2D eigenvalue weighted by atomic mass is 32.1. The Labute approximate surface area is 152 Å². The minimum atomic E-state index is -0.480. The second-order valence-corrected chi connectivity index (χ2v) is 7.18. The van der Waals surface area contributed by atoms with Crippen LogP contribution in [0, 0.1) is 13.8 Å². The number of carbonyl (C=O) groups is 1. The fourth-order valence-electron chi connectivity index (χ4n) is 3.14. The van der Waals surface area contributed by atoms with Gasteiger partial charge in [0.2, 0.25) is 0 Å². The molecule has 1 aliphatic rings. The maximum Gasteiger partial charge on any atom is 0.264 e. The average Bonchev–Trinajstić information content (AvgIpc) is 3.34. The summed E-state index contributed by atoms with van der Waals surface area (Å²) < 4.78 is 4.76. The summed E-state index contributed by atoms with van der Waals surface area (Å²) in [5, 5.41) is 10.4. The van der Waals surface area contributed by atoms with E-state index in [0.29, 0.717) is 29.5 Å². The zero-order valence-electron chi connectivity index (χ0n) is 14.2. The number of hydrogen-bond acceptors (Lipinski definition) is 8. The average molecular weight is 372 g/mol. The Morgan fingerprint density at radius 3 is 2.88 bits per heavy atom. The van der Waals surface area contributed by atoms with Crippen molar-refractivity contribution in [2.75, 3.05) is 6.54 Å². The predicted octanol–water partition coefficient (Wildman–Crippen LogP) is 1.87. The highest BCUT2D eigenvalue weighted by Gasteiger charge is 2.35. The Bertz CT molecular complexity index is 1020. The molecule has 1 aliphatic heterocycles. The largest absolute Gasteiger partial charge is 0.330 e. The number of H-pyrrole nitrogens is 1. The molecule has 4 rings (SSSR count). The van der Waals surface area contributed by atoms with Crippen LogP contribution in [-0.4, -0.2) is 42.6 Å². The number of carbonyl (C=O) groups excluding carboxylic acids is 1. The summed E-state index contributed by atoms with van der Waals surface area (Å²) in [7, 11) is 0. The van der Waals surface area contributed by atoms with Crippen molar-refractivity contribution in [1.82, 2.24) is 30.2 Å². The third-order valence-corrected chi connectivity index (χ3v) is 5.18. The Morgan fingerprint density at radius 1 is 1.38 bits per heavy atom. The van der Waals surface area contributed by atoms with E-state index < -0.39 is 5.56 Å². The summed E-state index contributed by atoms with van der Waals surface area (Å²) in [6.07, 6.45) is 2.89. The fourth-order valence-corrected chi connectivity index (χ4v) is 3.74. The van der Waals surface area contributed by atoms with Gasteiger partial charge in [-0.1, -0.05) is 10.3 Å². The van der Waals surface area contributed by atoms with Gasteiger partial charge in [-0.15, -0.1) is 11.3 Å². The molecule has 134 valence electrons. The summed E-state index contributed by atoms with van der Waals surface area (Å²) in [5.41, 5.74) is 1.39. The van der Waals surface area contributed by atoms with E-state index in [9.17, 15) is 9.59 Å². The molecule has 0 bridgehead atoms. The second-order valence-electron chi connectivity index (χ2n) is 6.12. The molecule has 26 heavy (non-hydrogen) atoms. The molecule has 1 saturated heterocycles. The molecular weight excluding hydrogens is 356 g/mol. The first kappa shape index (κ1) is 16.6. The molecular formula is C16H16N6O3S. The number of amides is 1. The summed E-state index contributed by atoms with van der Waals surface area (Å²) in [4.78, 5) is 38.2. The van der Waals surface area contributed by atoms with E-state index >= 15 is 0 Å². The van der Waals surface area contributed by atoms with Crippen LogP contribution >= 0.6 is 11.3 Å². The van der Waals surface area contributed by atoms with Gasteiger partial charge in [-0.3, -0.25) is 9.59 Å². The molecule has 9 nitrogen and oxygen atoms in total. The van der Waals surface area contributed by atoms with E-state index in [0.717, 1.165) is 17.8 Å². The van der Waals surface area contributed by atoms with Crippen LogP contribution < -0.4 is 5.56 Å². The van der Waals surface area contributed by atoms with Crippen molar-refractivity contribution in [3.8, 4) is 11.5 Å². The fraction of sp³-hybridized carbons (Fsp3) is 0.375. The number of nitrogens with zero attached hydrogens (tertiary/aromatic N) is 5. The maximum atomic E-state index is 12.9. The first-order chi connectivity index (χ1) is 12.5. The van der Waals surface area contributed by atoms with Gasteiger partial charge in [-0.05, 0) is 26.7 Å². The van der Waals surface area contributed by atoms with E-state index in [2.05, 4.69) is 25.3 Å². The molecule has 1 fully saturated rings. The van der Waals surface area contributed by atoms with Crippen molar-refractivity contribution in [2.24, 2.45) is 0 Å². The summed E-state index contributed by atoms with van der Waals surface area (Å²) >= 11 is 1.47. The van der Waals surface area contributed by atoms with Crippen LogP contribution in [0.1, 0.15) is 45.6 Å². The van der Waals surface area contributed by atoms with Crippen LogP contribution in [-0.2, 0) is 0 Å². The molecule has 10 heteroatoms. The van der Waals surface area contributed by atoms with Crippen molar-refractivity contribution in [3.05, 3.63) is 43.9 Å².